The molecule has 9 unspecified atom stereocenters. The SMILES string of the molecule is CCCCCCC/C=C/CC(CC(O[Si](C)(C)C)C(O[Si](C)(C)C)C(COC1OC(CO)C(O)C(O)C1O)NC(=O)/C=C/CCCCCCCCCCCCCCCCCCC)O[Si](C)(C)C. The van der Waals surface area contributed by atoms with Gasteiger partial charge in [-0.25, -0.2) is 0 Å². The summed E-state index contributed by atoms with van der Waals surface area (Å²) >= 11 is 0. The van der Waals surface area contributed by atoms with Gasteiger partial charge in [-0.3, -0.25) is 4.79 Å². The number of rotatable bonds is 42. The van der Waals surface area contributed by atoms with E-state index in [1.165, 1.54) is 128 Å². The summed E-state index contributed by atoms with van der Waals surface area (Å²) in [6.45, 7) is 23.2. The molecule has 14 heteroatoms. The first-order valence-corrected chi connectivity index (χ1v) is 37.5. The number of aliphatic hydroxyl groups excluding tert-OH is 4. The zero-order valence-electron chi connectivity index (χ0n) is 45.0. The number of carbonyl (C=O) groups is 1. The van der Waals surface area contributed by atoms with Crippen LogP contribution in [-0.2, 0) is 27.5 Å². The Morgan fingerprint density at radius 3 is 1.48 bits per heavy atom. The number of allylic oxidation sites excluding steroid dienone is 2. The topological polar surface area (TPSA) is 156 Å². The van der Waals surface area contributed by atoms with Crippen LogP contribution in [0.4, 0.5) is 0 Å². The van der Waals surface area contributed by atoms with Gasteiger partial charge in [0.05, 0.1) is 37.6 Å². The molecule has 0 bridgehead atoms. The minimum atomic E-state index is -2.33. The molecule has 0 radical (unpaired) electrons. The van der Waals surface area contributed by atoms with Gasteiger partial charge in [0, 0.05) is 6.42 Å². The largest absolute Gasteiger partial charge is 0.414 e. The average molecular weight is 1000 g/mol. The molecule has 9 atom stereocenters. The molecule has 0 aromatic carbocycles. The fraction of sp³-hybridized carbons (Fsp3) is 0.906. The van der Waals surface area contributed by atoms with Gasteiger partial charge in [-0.1, -0.05) is 160 Å². The Morgan fingerprint density at radius 2 is 1.03 bits per heavy atom. The highest BCUT2D eigenvalue weighted by molar-refractivity contribution is 6.70. The molecule has 0 aromatic rings. The van der Waals surface area contributed by atoms with Crippen molar-refractivity contribution in [2.45, 2.75) is 295 Å². The molecular weight excluding hydrogens is 895 g/mol. The van der Waals surface area contributed by atoms with Gasteiger partial charge in [-0.15, -0.1) is 0 Å². The van der Waals surface area contributed by atoms with Crippen LogP contribution in [0.5, 0.6) is 0 Å². The Labute approximate surface area is 414 Å². The molecule has 0 spiro atoms. The summed E-state index contributed by atoms with van der Waals surface area (Å²) < 4.78 is 32.9. The van der Waals surface area contributed by atoms with Gasteiger partial charge in [0.2, 0.25) is 5.91 Å². The molecule has 0 aromatic heterocycles. The van der Waals surface area contributed by atoms with Crippen LogP contribution < -0.4 is 5.32 Å². The number of ether oxygens (including phenoxy) is 2. The first kappa shape index (κ1) is 64.3. The Balaban J connectivity index is 3.12. The smallest absolute Gasteiger partial charge is 0.244 e. The number of unbranched alkanes of at least 4 members (excludes halogenated alkanes) is 22. The number of nitrogens with one attached hydrogen (secondary N) is 1. The summed E-state index contributed by atoms with van der Waals surface area (Å²) in [6, 6.07) is -0.760. The Hall–Kier alpha value is -0.759. The number of hydrogen-bond acceptors (Lipinski definition) is 10. The molecule has 1 amide bonds. The van der Waals surface area contributed by atoms with Crippen molar-refractivity contribution in [3.63, 3.8) is 0 Å². The lowest BCUT2D eigenvalue weighted by molar-refractivity contribution is -0.303. The van der Waals surface area contributed by atoms with Crippen molar-refractivity contribution in [3.05, 3.63) is 24.3 Å². The van der Waals surface area contributed by atoms with E-state index in [1.807, 2.05) is 6.08 Å². The van der Waals surface area contributed by atoms with Crippen LogP contribution in [0.2, 0.25) is 58.9 Å². The minimum absolute atomic E-state index is 0.149. The summed E-state index contributed by atoms with van der Waals surface area (Å²) in [5.74, 6) is -0.290. The van der Waals surface area contributed by atoms with Gasteiger partial charge in [0.1, 0.15) is 24.4 Å². The van der Waals surface area contributed by atoms with E-state index in [4.69, 9.17) is 22.8 Å². The Bertz CT molecular complexity index is 1270. The van der Waals surface area contributed by atoms with Gasteiger partial charge < -0.3 is 48.5 Å². The van der Waals surface area contributed by atoms with Gasteiger partial charge in [-0.05, 0) is 97.1 Å². The second-order valence-corrected chi connectivity index (χ2v) is 35.8. The van der Waals surface area contributed by atoms with Crippen LogP contribution in [0, 0.1) is 0 Å². The summed E-state index contributed by atoms with van der Waals surface area (Å²) in [5, 5.41) is 45.1. The number of amides is 1. The Morgan fingerprint density at radius 1 is 0.582 bits per heavy atom. The van der Waals surface area contributed by atoms with Crippen LogP contribution in [-0.4, -0.2) is 120 Å². The van der Waals surface area contributed by atoms with E-state index in [9.17, 15) is 25.2 Å². The molecule has 0 aliphatic carbocycles. The molecule has 1 fully saturated rings. The molecule has 1 heterocycles. The van der Waals surface area contributed by atoms with Crippen LogP contribution in [0.1, 0.15) is 181 Å². The van der Waals surface area contributed by atoms with E-state index in [0.29, 0.717) is 6.42 Å². The van der Waals surface area contributed by atoms with Crippen molar-refractivity contribution in [3.8, 4) is 0 Å². The molecule has 5 N–H and O–H groups in total. The van der Waals surface area contributed by atoms with Crippen molar-refractivity contribution < 1.29 is 48.0 Å². The maximum absolute atomic E-state index is 13.9. The maximum Gasteiger partial charge on any atom is 0.244 e. The van der Waals surface area contributed by atoms with Crippen molar-refractivity contribution >= 4 is 30.9 Å². The third kappa shape index (κ3) is 33.5. The molecular formula is C53H107NO10Si3. The summed E-state index contributed by atoms with van der Waals surface area (Å²) in [6.07, 6.45) is 31.3. The second kappa shape index (κ2) is 37.1. The first-order chi connectivity index (χ1) is 31.7. The first-order valence-electron chi connectivity index (χ1n) is 27.3. The fourth-order valence-corrected chi connectivity index (χ4v) is 12.2. The molecule has 1 aliphatic rings. The molecule has 1 aliphatic heterocycles. The zero-order chi connectivity index (χ0) is 50.1. The monoisotopic (exact) mass is 1000 g/mol. The lowest BCUT2D eigenvalue weighted by Crippen LogP contribution is -2.61. The minimum Gasteiger partial charge on any atom is -0.414 e. The Kier molecular flexibility index (Phi) is 35.5. The zero-order valence-corrected chi connectivity index (χ0v) is 48.0. The standard InChI is InChI=1S/C53H107NO10Si3/c1-12-14-16-18-20-22-23-24-25-26-27-28-29-30-31-32-34-36-38-40-48(56)54-45(43-60-53-51(59)50(58)49(57)47(42-55)61-53)52(64-67(9,10)11)46(63-66(6,7)8)41-44(62-65(3,4)5)39-37-35-33-21-19-17-15-13-2/h35,37-38,40,44-47,49-53,55,57-59H,12-34,36,39,41-43H2,1-11H3,(H,54,56)/b37-35+,40-38+. The maximum atomic E-state index is 13.9. The average Bonchev–Trinajstić information content (AvgIpc) is 3.24. The van der Waals surface area contributed by atoms with Crippen LogP contribution >= 0.6 is 0 Å². The summed E-state index contributed by atoms with van der Waals surface area (Å²) in [4.78, 5) is 13.9. The number of carbonyl (C=O) groups excluding carboxylic acids is 1. The lowest BCUT2D eigenvalue weighted by Gasteiger charge is -2.43. The van der Waals surface area contributed by atoms with Gasteiger partial charge in [-0.2, -0.15) is 0 Å². The number of aliphatic hydroxyl groups is 4. The van der Waals surface area contributed by atoms with Gasteiger partial charge >= 0.3 is 0 Å². The predicted octanol–water partition coefficient (Wildman–Crippen LogP) is 12.2. The predicted molar refractivity (Wildman–Crippen MR) is 286 cm³/mol. The van der Waals surface area contributed by atoms with E-state index in [-0.39, 0.29) is 18.6 Å². The highest BCUT2D eigenvalue weighted by atomic mass is 28.4. The van der Waals surface area contributed by atoms with Gasteiger partial charge in [0.25, 0.3) is 0 Å². The summed E-state index contributed by atoms with van der Waals surface area (Å²) in [5.41, 5.74) is 0. The molecule has 396 valence electrons. The third-order valence-electron chi connectivity index (χ3n) is 12.2. The quantitative estimate of drug-likeness (QED) is 0.0173. The third-order valence-corrected chi connectivity index (χ3v) is 15.2. The molecule has 1 rings (SSSR count). The van der Waals surface area contributed by atoms with Crippen LogP contribution in [0.25, 0.3) is 0 Å². The molecule has 11 nitrogen and oxygen atoms in total. The highest BCUT2D eigenvalue weighted by Gasteiger charge is 2.46. The van der Waals surface area contributed by atoms with Crippen LogP contribution in [0.3, 0.4) is 0 Å². The second-order valence-electron chi connectivity index (χ2n) is 22.5. The van der Waals surface area contributed by atoms with Crippen molar-refractivity contribution in [1.82, 2.24) is 5.32 Å². The van der Waals surface area contributed by atoms with E-state index < -0.39 is 80.5 Å². The lowest BCUT2D eigenvalue weighted by atomic mass is 9.98. The molecule has 1 saturated heterocycles. The van der Waals surface area contributed by atoms with Crippen LogP contribution in [0.15, 0.2) is 24.3 Å². The van der Waals surface area contributed by atoms with E-state index in [1.54, 1.807) is 6.08 Å². The number of hydrogen-bond donors (Lipinski definition) is 5. The van der Waals surface area contributed by atoms with Crippen molar-refractivity contribution in [2.24, 2.45) is 0 Å². The normalized spacial score (nSPS) is 21.6. The molecule has 0 saturated carbocycles. The summed E-state index contributed by atoms with van der Waals surface area (Å²) in [7, 11) is -6.57. The van der Waals surface area contributed by atoms with Gasteiger partial charge in [0.15, 0.2) is 31.2 Å². The fourth-order valence-electron chi connectivity index (χ4n) is 8.74. The van der Waals surface area contributed by atoms with Crippen molar-refractivity contribution in [1.29, 1.82) is 0 Å². The van der Waals surface area contributed by atoms with E-state index in [2.05, 4.69) is 90.2 Å². The van der Waals surface area contributed by atoms with E-state index in [0.717, 1.165) is 32.1 Å². The van der Waals surface area contributed by atoms with Crippen molar-refractivity contribution in [2.75, 3.05) is 13.2 Å². The van der Waals surface area contributed by atoms with E-state index >= 15 is 0 Å². The molecule has 67 heavy (non-hydrogen) atoms. The highest BCUT2D eigenvalue weighted by Crippen LogP contribution is 2.29.